The van der Waals surface area contributed by atoms with E-state index < -0.39 is 11.9 Å². The van der Waals surface area contributed by atoms with Crippen LogP contribution in [0.3, 0.4) is 0 Å². The SMILES string of the molecule is C=CCOc1ccc(C2c3c(oc4ccccc4c3=O)C(=O)N2c2ccccn2)cc1OCC. The van der Waals surface area contributed by atoms with Crippen molar-refractivity contribution in [3.63, 3.8) is 0 Å². The number of amides is 1. The van der Waals surface area contributed by atoms with Crippen LogP contribution in [0.1, 0.15) is 34.6 Å². The van der Waals surface area contributed by atoms with Crippen LogP contribution in [0.4, 0.5) is 5.82 Å². The number of rotatable bonds is 7. The molecule has 1 amide bonds. The first kappa shape index (κ1) is 21.5. The van der Waals surface area contributed by atoms with Crippen LogP contribution in [-0.4, -0.2) is 24.1 Å². The average Bonchev–Trinajstić information content (AvgIpc) is 3.16. The second kappa shape index (κ2) is 8.86. The van der Waals surface area contributed by atoms with Gasteiger partial charge in [0.15, 0.2) is 16.9 Å². The van der Waals surface area contributed by atoms with E-state index in [2.05, 4.69) is 11.6 Å². The molecule has 0 bridgehead atoms. The number of ether oxygens (including phenoxy) is 2. The minimum absolute atomic E-state index is 0.0179. The topological polar surface area (TPSA) is 81.9 Å². The van der Waals surface area contributed by atoms with Crippen LogP contribution in [0.25, 0.3) is 11.0 Å². The molecule has 0 aliphatic carbocycles. The minimum atomic E-state index is -0.745. The molecule has 1 atom stereocenters. The van der Waals surface area contributed by atoms with E-state index in [9.17, 15) is 9.59 Å². The number of anilines is 1. The molecule has 2 aromatic heterocycles. The van der Waals surface area contributed by atoms with Crippen LogP contribution in [0, 0.1) is 0 Å². The highest BCUT2D eigenvalue weighted by molar-refractivity contribution is 6.10. The van der Waals surface area contributed by atoms with Crippen molar-refractivity contribution in [3.05, 3.63) is 107 Å². The Morgan fingerprint density at radius 2 is 1.88 bits per heavy atom. The zero-order chi connectivity index (χ0) is 23.7. The standard InChI is InChI=1S/C27H22N2O5/c1-3-15-33-20-13-12-17(16-21(20)32-4-2)24-23-25(30)18-9-5-6-10-19(18)34-26(23)27(31)29(24)22-11-7-8-14-28-22/h3,5-14,16,24H,1,4,15H2,2H3. The molecular weight excluding hydrogens is 432 g/mol. The molecule has 2 aromatic carbocycles. The molecule has 3 heterocycles. The Morgan fingerprint density at radius 3 is 2.65 bits per heavy atom. The summed E-state index contributed by atoms with van der Waals surface area (Å²) in [5.74, 6) is 1.06. The summed E-state index contributed by atoms with van der Waals surface area (Å²) >= 11 is 0. The van der Waals surface area contributed by atoms with E-state index in [4.69, 9.17) is 13.9 Å². The molecule has 0 spiro atoms. The molecule has 0 saturated heterocycles. The van der Waals surface area contributed by atoms with E-state index >= 15 is 0 Å². The number of hydrogen-bond acceptors (Lipinski definition) is 6. The maximum atomic E-state index is 13.6. The Kier molecular flexibility index (Phi) is 5.59. The lowest BCUT2D eigenvalue weighted by Crippen LogP contribution is -2.30. The highest BCUT2D eigenvalue weighted by Crippen LogP contribution is 2.42. The normalized spacial score (nSPS) is 14.8. The molecule has 7 nitrogen and oxygen atoms in total. The lowest BCUT2D eigenvalue weighted by molar-refractivity contribution is 0.0970. The monoisotopic (exact) mass is 454 g/mol. The van der Waals surface area contributed by atoms with Crippen molar-refractivity contribution in [2.45, 2.75) is 13.0 Å². The summed E-state index contributed by atoms with van der Waals surface area (Å²) < 4.78 is 17.5. The molecule has 1 aliphatic rings. The Bertz CT molecular complexity index is 1440. The van der Waals surface area contributed by atoms with Gasteiger partial charge in [-0.15, -0.1) is 0 Å². The smallest absolute Gasteiger partial charge is 0.296 e. The Hall–Kier alpha value is -4.39. The summed E-state index contributed by atoms with van der Waals surface area (Å²) in [6, 6.07) is 16.8. The lowest BCUT2D eigenvalue weighted by Gasteiger charge is -2.25. The number of pyridine rings is 1. The molecule has 0 fully saturated rings. The van der Waals surface area contributed by atoms with E-state index in [0.717, 1.165) is 0 Å². The maximum Gasteiger partial charge on any atom is 0.296 e. The van der Waals surface area contributed by atoms with Crippen molar-refractivity contribution < 1.29 is 18.7 Å². The van der Waals surface area contributed by atoms with E-state index in [1.807, 2.05) is 13.0 Å². The molecular formula is C27H22N2O5. The first-order valence-corrected chi connectivity index (χ1v) is 10.9. The zero-order valence-corrected chi connectivity index (χ0v) is 18.6. The van der Waals surface area contributed by atoms with Crippen LogP contribution in [0.2, 0.25) is 0 Å². The molecule has 1 aliphatic heterocycles. The Balaban J connectivity index is 1.74. The third-order valence-electron chi connectivity index (χ3n) is 5.61. The van der Waals surface area contributed by atoms with Gasteiger partial charge in [0.05, 0.1) is 23.6 Å². The summed E-state index contributed by atoms with van der Waals surface area (Å²) in [5.41, 5.74) is 1.06. The number of nitrogens with zero attached hydrogens (tertiary/aromatic N) is 2. The number of para-hydroxylation sites is 1. The van der Waals surface area contributed by atoms with Gasteiger partial charge >= 0.3 is 0 Å². The molecule has 7 heteroatoms. The van der Waals surface area contributed by atoms with Gasteiger partial charge in [-0.2, -0.15) is 0 Å². The molecule has 0 radical (unpaired) electrons. The van der Waals surface area contributed by atoms with Gasteiger partial charge in [0.1, 0.15) is 18.0 Å². The van der Waals surface area contributed by atoms with Gasteiger partial charge in [-0.1, -0.05) is 36.9 Å². The molecule has 0 N–H and O–H groups in total. The Morgan fingerprint density at radius 1 is 1.06 bits per heavy atom. The van der Waals surface area contributed by atoms with Crippen molar-refractivity contribution in [2.24, 2.45) is 0 Å². The fraction of sp³-hybridized carbons (Fsp3) is 0.148. The summed E-state index contributed by atoms with van der Waals surface area (Å²) in [5, 5.41) is 0.415. The van der Waals surface area contributed by atoms with Gasteiger partial charge < -0.3 is 13.9 Å². The number of hydrogen-bond donors (Lipinski definition) is 0. The highest BCUT2D eigenvalue weighted by Gasteiger charge is 2.44. The maximum absolute atomic E-state index is 13.6. The summed E-state index contributed by atoms with van der Waals surface area (Å²) in [6.07, 6.45) is 3.25. The van der Waals surface area contributed by atoms with Crippen LogP contribution in [-0.2, 0) is 0 Å². The first-order valence-electron chi connectivity index (χ1n) is 10.9. The number of carbonyl (C=O) groups excluding carboxylic acids is 1. The molecule has 5 rings (SSSR count). The number of benzene rings is 2. The minimum Gasteiger partial charge on any atom is -0.490 e. The molecule has 1 unspecified atom stereocenters. The highest BCUT2D eigenvalue weighted by atomic mass is 16.5. The van der Waals surface area contributed by atoms with Crippen molar-refractivity contribution in [1.82, 2.24) is 4.98 Å². The second-order valence-corrected chi connectivity index (χ2v) is 7.67. The van der Waals surface area contributed by atoms with Gasteiger partial charge in [0.2, 0.25) is 5.76 Å². The quantitative estimate of drug-likeness (QED) is 0.370. The van der Waals surface area contributed by atoms with E-state index in [0.29, 0.717) is 47.1 Å². The molecule has 4 aromatic rings. The second-order valence-electron chi connectivity index (χ2n) is 7.67. The van der Waals surface area contributed by atoms with Gasteiger partial charge in [-0.25, -0.2) is 4.98 Å². The van der Waals surface area contributed by atoms with Gasteiger partial charge in [-0.05, 0) is 48.9 Å². The Labute approximate surface area is 195 Å². The molecule has 34 heavy (non-hydrogen) atoms. The summed E-state index contributed by atoms with van der Waals surface area (Å²) in [6.45, 7) is 6.30. The molecule has 0 saturated carbocycles. The largest absolute Gasteiger partial charge is 0.490 e. The fourth-order valence-corrected chi connectivity index (χ4v) is 4.20. The van der Waals surface area contributed by atoms with Gasteiger partial charge in [0, 0.05) is 6.20 Å². The number of fused-ring (bicyclic) bond motifs is 2. The van der Waals surface area contributed by atoms with Crippen LogP contribution in [0.5, 0.6) is 11.5 Å². The van der Waals surface area contributed by atoms with Crippen molar-refractivity contribution in [2.75, 3.05) is 18.1 Å². The van der Waals surface area contributed by atoms with E-state index in [-0.39, 0.29) is 16.8 Å². The van der Waals surface area contributed by atoms with Gasteiger partial charge in [-0.3, -0.25) is 14.5 Å². The average molecular weight is 454 g/mol. The number of aromatic nitrogens is 1. The first-order chi connectivity index (χ1) is 16.6. The number of carbonyl (C=O) groups is 1. The zero-order valence-electron chi connectivity index (χ0n) is 18.6. The predicted octanol–water partition coefficient (Wildman–Crippen LogP) is 4.90. The third-order valence-corrected chi connectivity index (χ3v) is 5.61. The predicted molar refractivity (Wildman–Crippen MR) is 129 cm³/mol. The van der Waals surface area contributed by atoms with E-state index in [1.54, 1.807) is 66.9 Å². The third kappa shape index (κ3) is 3.51. The van der Waals surface area contributed by atoms with Crippen molar-refractivity contribution in [3.8, 4) is 11.5 Å². The summed E-state index contributed by atoms with van der Waals surface area (Å²) in [4.78, 5) is 33.1. The summed E-state index contributed by atoms with van der Waals surface area (Å²) in [7, 11) is 0. The lowest BCUT2D eigenvalue weighted by atomic mass is 9.98. The van der Waals surface area contributed by atoms with Crippen molar-refractivity contribution >= 4 is 22.7 Å². The molecule has 170 valence electrons. The van der Waals surface area contributed by atoms with Gasteiger partial charge in [0.25, 0.3) is 5.91 Å². The van der Waals surface area contributed by atoms with Crippen molar-refractivity contribution in [1.29, 1.82) is 0 Å². The van der Waals surface area contributed by atoms with Crippen LogP contribution < -0.4 is 19.8 Å². The fourth-order valence-electron chi connectivity index (χ4n) is 4.20. The van der Waals surface area contributed by atoms with E-state index in [1.165, 1.54) is 4.90 Å². The van der Waals surface area contributed by atoms with Crippen LogP contribution >= 0.6 is 0 Å². The van der Waals surface area contributed by atoms with Crippen LogP contribution in [0.15, 0.2) is 88.7 Å².